The highest BCUT2D eigenvalue weighted by atomic mass is 19.1. The summed E-state index contributed by atoms with van der Waals surface area (Å²) in [4.78, 5) is 13.8. The second-order valence-electron chi connectivity index (χ2n) is 4.36. The lowest BCUT2D eigenvalue weighted by atomic mass is 10.2. The van der Waals surface area contributed by atoms with Crippen LogP contribution in [0.4, 0.5) is 10.1 Å². The molecular weight excluding hydrogens is 233 g/mol. The molecule has 0 bridgehead atoms. The van der Waals surface area contributed by atoms with Gasteiger partial charge in [0.25, 0.3) is 0 Å². The SMILES string of the molecule is CNCC1C(=O)NCCCN1c1ccccc1F. The van der Waals surface area contributed by atoms with Crippen LogP contribution in [-0.4, -0.2) is 38.6 Å². The van der Waals surface area contributed by atoms with Gasteiger partial charge in [-0.05, 0) is 25.6 Å². The largest absolute Gasteiger partial charge is 0.356 e. The summed E-state index contributed by atoms with van der Waals surface area (Å²) in [6.07, 6.45) is 0.820. The molecule has 1 saturated heterocycles. The molecule has 0 saturated carbocycles. The van der Waals surface area contributed by atoms with Crippen LogP contribution in [0.3, 0.4) is 0 Å². The fraction of sp³-hybridized carbons (Fsp3) is 0.462. The number of hydrogen-bond acceptors (Lipinski definition) is 3. The van der Waals surface area contributed by atoms with Gasteiger partial charge in [-0.1, -0.05) is 12.1 Å². The summed E-state index contributed by atoms with van der Waals surface area (Å²) in [5.41, 5.74) is 0.495. The summed E-state index contributed by atoms with van der Waals surface area (Å²) < 4.78 is 13.9. The molecule has 98 valence electrons. The number of nitrogens with zero attached hydrogens (tertiary/aromatic N) is 1. The summed E-state index contributed by atoms with van der Waals surface area (Å²) >= 11 is 0. The molecule has 0 radical (unpaired) electrons. The summed E-state index contributed by atoms with van der Waals surface area (Å²) in [7, 11) is 1.79. The number of rotatable bonds is 3. The Morgan fingerprint density at radius 1 is 1.50 bits per heavy atom. The highest BCUT2D eigenvalue weighted by molar-refractivity contribution is 5.86. The van der Waals surface area contributed by atoms with Gasteiger partial charge in [-0.25, -0.2) is 4.39 Å². The van der Waals surface area contributed by atoms with Crippen molar-refractivity contribution in [1.82, 2.24) is 10.6 Å². The molecule has 1 amide bonds. The van der Waals surface area contributed by atoms with E-state index >= 15 is 0 Å². The average Bonchev–Trinajstić information content (AvgIpc) is 2.54. The van der Waals surface area contributed by atoms with Crippen LogP contribution in [0.15, 0.2) is 24.3 Å². The lowest BCUT2D eigenvalue weighted by molar-refractivity contribution is -0.121. The van der Waals surface area contributed by atoms with Gasteiger partial charge in [-0.3, -0.25) is 4.79 Å². The molecule has 1 heterocycles. The Morgan fingerprint density at radius 3 is 3.00 bits per heavy atom. The minimum absolute atomic E-state index is 0.0508. The number of benzene rings is 1. The van der Waals surface area contributed by atoms with Crippen molar-refractivity contribution < 1.29 is 9.18 Å². The maximum absolute atomic E-state index is 13.9. The Morgan fingerprint density at radius 2 is 2.28 bits per heavy atom. The Balaban J connectivity index is 2.32. The average molecular weight is 251 g/mol. The molecule has 5 heteroatoms. The Labute approximate surface area is 106 Å². The van der Waals surface area contributed by atoms with Crippen LogP contribution in [0, 0.1) is 5.82 Å². The van der Waals surface area contributed by atoms with Crippen molar-refractivity contribution in [2.45, 2.75) is 12.5 Å². The summed E-state index contributed by atoms with van der Waals surface area (Å²) in [6, 6.07) is 6.22. The zero-order valence-corrected chi connectivity index (χ0v) is 10.4. The topological polar surface area (TPSA) is 44.4 Å². The van der Waals surface area contributed by atoms with Gasteiger partial charge < -0.3 is 15.5 Å². The van der Waals surface area contributed by atoms with Crippen molar-refractivity contribution in [3.63, 3.8) is 0 Å². The third-order valence-corrected chi connectivity index (χ3v) is 3.11. The van der Waals surface area contributed by atoms with Crippen LogP contribution in [0.2, 0.25) is 0 Å². The third-order valence-electron chi connectivity index (χ3n) is 3.11. The molecule has 0 aromatic heterocycles. The molecular formula is C13H18FN3O. The highest BCUT2D eigenvalue weighted by Gasteiger charge is 2.28. The predicted octanol–water partition coefficient (Wildman–Crippen LogP) is 0.740. The number of carbonyl (C=O) groups is 1. The van der Waals surface area contributed by atoms with E-state index in [0.29, 0.717) is 25.3 Å². The maximum Gasteiger partial charge on any atom is 0.244 e. The normalized spacial score (nSPS) is 20.4. The van der Waals surface area contributed by atoms with E-state index in [1.165, 1.54) is 6.07 Å². The maximum atomic E-state index is 13.9. The van der Waals surface area contributed by atoms with Crippen LogP contribution in [0.5, 0.6) is 0 Å². The van der Waals surface area contributed by atoms with Crippen LogP contribution >= 0.6 is 0 Å². The van der Waals surface area contributed by atoms with Gasteiger partial charge in [0.2, 0.25) is 5.91 Å². The standard InChI is InChI=1S/C13H18FN3O/c1-15-9-12-13(18)16-7-4-8-17(12)11-6-3-2-5-10(11)14/h2-3,5-6,12,15H,4,7-9H2,1H3,(H,16,18). The zero-order valence-electron chi connectivity index (χ0n) is 10.4. The lowest BCUT2D eigenvalue weighted by Gasteiger charge is -2.30. The molecule has 1 unspecified atom stereocenters. The smallest absolute Gasteiger partial charge is 0.244 e. The molecule has 1 aromatic rings. The van der Waals surface area contributed by atoms with E-state index in [0.717, 1.165) is 6.42 Å². The zero-order chi connectivity index (χ0) is 13.0. The first kappa shape index (κ1) is 12.8. The fourth-order valence-corrected chi connectivity index (χ4v) is 2.25. The van der Waals surface area contributed by atoms with Crippen LogP contribution in [0.1, 0.15) is 6.42 Å². The van der Waals surface area contributed by atoms with Crippen LogP contribution < -0.4 is 15.5 Å². The van der Waals surface area contributed by atoms with Crippen molar-refractivity contribution >= 4 is 11.6 Å². The first-order chi connectivity index (χ1) is 8.74. The van der Waals surface area contributed by atoms with E-state index in [9.17, 15) is 9.18 Å². The number of hydrogen-bond donors (Lipinski definition) is 2. The first-order valence-electron chi connectivity index (χ1n) is 6.17. The molecule has 2 rings (SSSR count). The number of halogens is 1. The van der Waals surface area contributed by atoms with E-state index in [2.05, 4.69) is 10.6 Å². The monoisotopic (exact) mass is 251 g/mol. The fourth-order valence-electron chi connectivity index (χ4n) is 2.25. The van der Waals surface area contributed by atoms with Gasteiger partial charge in [0.1, 0.15) is 11.9 Å². The van der Waals surface area contributed by atoms with Gasteiger partial charge in [-0.2, -0.15) is 0 Å². The molecule has 0 spiro atoms. The van der Waals surface area contributed by atoms with Crippen LogP contribution in [0.25, 0.3) is 0 Å². The lowest BCUT2D eigenvalue weighted by Crippen LogP contribution is -2.49. The van der Waals surface area contributed by atoms with E-state index in [-0.39, 0.29) is 17.8 Å². The molecule has 1 fully saturated rings. The summed E-state index contributed by atoms with van der Waals surface area (Å²) in [5, 5.41) is 5.85. The second kappa shape index (κ2) is 5.82. The second-order valence-corrected chi connectivity index (χ2v) is 4.36. The minimum atomic E-state index is -0.366. The molecule has 18 heavy (non-hydrogen) atoms. The van der Waals surface area contributed by atoms with Crippen LogP contribution in [-0.2, 0) is 4.79 Å². The molecule has 1 aliphatic heterocycles. The highest BCUT2D eigenvalue weighted by Crippen LogP contribution is 2.22. The number of likely N-dealkylation sites (N-methyl/N-ethyl adjacent to an activating group) is 1. The molecule has 0 aliphatic carbocycles. The number of nitrogens with one attached hydrogen (secondary N) is 2. The number of para-hydroxylation sites is 1. The van der Waals surface area contributed by atoms with E-state index < -0.39 is 0 Å². The Bertz CT molecular complexity index is 424. The molecule has 1 atom stereocenters. The minimum Gasteiger partial charge on any atom is -0.356 e. The number of anilines is 1. The van der Waals surface area contributed by atoms with E-state index in [1.807, 2.05) is 4.90 Å². The van der Waals surface area contributed by atoms with Gasteiger partial charge in [-0.15, -0.1) is 0 Å². The Kier molecular flexibility index (Phi) is 4.15. The quantitative estimate of drug-likeness (QED) is 0.833. The molecule has 2 N–H and O–H groups in total. The Hall–Kier alpha value is -1.62. The van der Waals surface area contributed by atoms with E-state index in [1.54, 1.807) is 25.2 Å². The van der Waals surface area contributed by atoms with Crippen molar-refractivity contribution in [3.8, 4) is 0 Å². The summed E-state index contributed by atoms with van der Waals surface area (Å²) in [6.45, 7) is 1.82. The van der Waals surface area contributed by atoms with Crippen molar-refractivity contribution in [2.24, 2.45) is 0 Å². The third kappa shape index (κ3) is 2.61. The van der Waals surface area contributed by atoms with Crippen molar-refractivity contribution in [2.75, 3.05) is 31.6 Å². The van der Waals surface area contributed by atoms with Gasteiger partial charge in [0, 0.05) is 19.6 Å². The van der Waals surface area contributed by atoms with Gasteiger partial charge >= 0.3 is 0 Å². The molecule has 1 aromatic carbocycles. The van der Waals surface area contributed by atoms with Gasteiger partial charge in [0.15, 0.2) is 0 Å². The van der Waals surface area contributed by atoms with Gasteiger partial charge in [0.05, 0.1) is 5.69 Å². The molecule has 4 nitrogen and oxygen atoms in total. The number of amides is 1. The van der Waals surface area contributed by atoms with E-state index in [4.69, 9.17) is 0 Å². The first-order valence-corrected chi connectivity index (χ1v) is 6.17. The van der Waals surface area contributed by atoms with Crippen molar-refractivity contribution in [1.29, 1.82) is 0 Å². The summed E-state index contributed by atoms with van der Waals surface area (Å²) in [5.74, 6) is -0.335. The number of carbonyl (C=O) groups excluding carboxylic acids is 1. The predicted molar refractivity (Wildman–Crippen MR) is 69.1 cm³/mol. The molecule has 1 aliphatic rings. The van der Waals surface area contributed by atoms with Crippen molar-refractivity contribution in [3.05, 3.63) is 30.1 Å².